The van der Waals surface area contributed by atoms with Gasteiger partial charge in [0.2, 0.25) is 0 Å². The van der Waals surface area contributed by atoms with Crippen LogP contribution in [-0.2, 0) is 19.1 Å². The third kappa shape index (κ3) is 4.81. The van der Waals surface area contributed by atoms with E-state index >= 15 is 0 Å². The van der Waals surface area contributed by atoms with E-state index in [0.29, 0.717) is 6.42 Å². The Morgan fingerprint density at radius 1 is 1.43 bits per heavy atom. The lowest BCUT2D eigenvalue weighted by molar-refractivity contribution is -0.161. The molecule has 1 unspecified atom stereocenters. The highest BCUT2D eigenvalue weighted by Gasteiger charge is 2.30. The van der Waals surface area contributed by atoms with Crippen LogP contribution in [0.5, 0.6) is 0 Å². The number of rotatable bonds is 5. The van der Waals surface area contributed by atoms with Gasteiger partial charge in [0.25, 0.3) is 0 Å². The van der Waals surface area contributed by atoms with E-state index in [0.717, 1.165) is 0 Å². The van der Waals surface area contributed by atoms with E-state index in [9.17, 15) is 14.7 Å². The molecule has 0 aliphatic heterocycles. The van der Waals surface area contributed by atoms with Crippen molar-refractivity contribution in [3.05, 3.63) is 0 Å². The molecule has 0 heterocycles. The normalized spacial score (nSPS) is 14.3. The minimum Gasteiger partial charge on any atom is -0.467 e. The Balaban J connectivity index is 3.76. The molecule has 0 radical (unpaired) electrons. The van der Waals surface area contributed by atoms with E-state index in [4.69, 9.17) is 0 Å². The Bertz CT molecular complexity index is 209. The maximum Gasteiger partial charge on any atom is 0.337 e. The Kier molecular flexibility index (Phi) is 5.15. The molecule has 0 fully saturated rings. The van der Waals surface area contributed by atoms with Gasteiger partial charge < -0.3 is 14.6 Å². The van der Waals surface area contributed by atoms with Crippen molar-refractivity contribution in [3.8, 4) is 0 Å². The summed E-state index contributed by atoms with van der Waals surface area (Å²) in [6.45, 7) is 2.87. The van der Waals surface area contributed by atoms with Gasteiger partial charge in [0.15, 0.2) is 5.60 Å². The number of hydrogen-bond donors (Lipinski definition) is 1. The summed E-state index contributed by atoms with van der Waals surface area (Å²) < 4.78 is 9.04. The van der Waals surface area contributed by atoms with Crippen molar-refractivity contribution in [1.29, 1.82) is 0 Å². The summed E-state index contributed by atoms with van der Waals surface area (Å²) in [7, 11) is 1.21. The number of hydrogen-bond acceptors (Lipinski definition) is 5. The lowest BCUT2D eigenvalue weighted by Crippen LogP contribution is -2.36. The molecule has 82 valence electrons. The Morgan fingerprint density at radius 3 is 2.43 bits per heavy atom. The SMILES string of the molecule is COC(=O)C(C)(O)CCCOC(C)=O. The van der Waals surface area contributed by atoms with E-state index in [1.54, 1.807) is 0 Å². The van der Waals surface area contributed by atoms with Gasteiger partial charge in [-0.1, -0.05) is 0 Å². The number of carbonyl (C=O) groups excluding carboxylic acids is 2. The molecule has 1 atom stereocenters. The molecule has 0 aliphatic rings. The van der Waals surface area contributed by atoms with Crippen molar-refractivity contribution < 1.29 is 24.2 Å². The molecule has 14 heavy (non-hydrogen) atoms. The van der Waals surface area contributed by atoms with Crippen LogP contribution in [0.15, 0.2) is 0 Å². The first-order valence-electron chi connectivity index (χ1n) is 4.34. The molecule has 5 nitrogen and oxygen atoms in total. The van der Waals surface area contributed by atoms with Gasteiger partial charge in [0.1, 0.15) is 0 Å². The predicted octanol–water partition coefficient (Wildman–Crippen LogP) is 0.254. The number of esters is 2. The quantitative estimate of drug-likeness (QED) is 0.513. The van der Waals surface area contributed by atoms with E-state index in [1.807, 2.05) is 0 Å². The summed E-state index contributed by atoms with van der Waals surface area (Å²) in [4.78, 5) is 21.4. The third-order valence-corrected chi connectivity index (χ3v) is 1.74. The zero-order chi connectivity index (χ0) is 11.2. The number of ether oxygens (including phenoxy) is 2. The smallest absolute Gasteiger partial charge is 0.337 e. The standard InChI is InChI=1S/C9H16O5/c1-7(10)14-6-4-5-9(2,12)8(11)13-3/h12H,4-6H2,1-3H3. The van der Waals surface area contributed by atoms with Crippen molar-refractivity contribution in [2.24, 2.45) is 0 Å². The lowest BCUT2D eigenvalue weighted by atomic mass is 10.0. The maximum atomic E-state index is 11.0. The number of aliphatic hydroxyl groups is 1. The summed E-state index contributed by atoms with van der Waals surface area (Å²) in [5, 5.41) is 9.53. The summed E-state index contributed by atoms with van der Waals surface area (Å²) in [5.74, 6) is -1.05. The van der Waals surface area contributed by atoms with Gasteiger partial charge >= 0.3 is 11.9 Å². The highest BCUT2D eigenvalue weighted by Crippen LogP contribution is 2.13. The fourth-order valence-corrected chi connectivity index (χ4v) is 0.954. The predicted molar refractivity (Wildman–Crippen MR) is 48.5 cm³/mol. The lowest BCUT2D eigenvalue weighted by Gasteiger charge is -2.19. The van der Waals surface area contributed by atoms with E-state index < -0.39 is 11.6 Å². The van der Waals surface area contributed by atoms with Crippen LogP contribution >= 0.6 is 0 Å². The minimum atomic E-state index is -1.51. The first kappa shape index (κ1) is 12.9. The van der Waals surface area contributed by atoms with Gasteiger partial charge in [-0.05, 0) is 19.8 Å². The first-order valence-corrected chi connectivity index (χ1v) is 4.34. The zero-order valence-electron chi connectivity index (χ0n) is 8.70. The van der Waals surface area contributed by atoms with E-state index in [2.05, 4.69) is 9.47 Å². The summed E-state index contributed by atoms with van der Waals surface area (Å²) in [6, 6.07) is 0. The van der Waals surface area contributed by atoms with Crippen molar-refractivity contribution in [2.75, 3.05) is 13.7 Å². The molecule has 0 rings (SSSR count). The maximum absolute atomic E-state index is 11.0. The second-order valence-electron chi connectivity index (χ2n) is 3.21. The zero-order valence-corrected chi connectivity index (χ0v) is 8.70. The van der Waals surface area contributed by atoms with Crippen LogP contribution in [0.1, 0.15) is 26.7 Å². The number of carbonyl (C=O) groups is 2. The van der Waals surface area contributed by atoms with Crippen LogP contribution in [0, 0.1) is 0 Å². The van der Waals surface area contributed by atoms with Gasteiger partial charge in [-0.25, -0.2) is 4.79 Å². The van der Waals surface area contributed by atoms with Gasteiger partial charge in [-0.3, -0.25) is 4.79 Å². The monoisotopic (exact) mass is 204 g/mol. The van der Waals surface area contributed by atoms with Gasteiger partial charge in [0.05, 0.1) is 13.7 Å². The second-order valence-corrected chi connectivity index (χ2v) is 3.21. The summed E-state index contributed by atoms with van der Waals surface area (Å²) in [5.41, 5.74) is -1.51. The largest absolute Gasteiger partial charge is 0.467 e. The van der Waals surface area contributed by atoms with Crippen molar-refractivity contribution in [2.45, 2.75) is 32.3 Å². The molecule has 0 aliphatic carbocycles. The van der Waals surface area contributed by atoms with Crippen molar-refractivity contribution in [1.82, 2.24) is 0 Å². The van der Waals surface area contributed by atoms with Gasteiger partial charge in [-0.15, -0.1) is 0 Å². The van der Waals surface area contributed by atoms with Crippen molar-refractivity contribution in [3.63, 3.8) is 0 Å². The fraction of sp³-hybridized carbons (Fsp3) is 0.778. The number of methoxy groups -OCH3 is 1. The van der Waals surface area contributed by atoms with Crippen LogP contribution in [0.2, 0.25) is 0 Å². The molecule has 0 spiro atoms. The van der Waals surface area contributed by atoms with Crippen molar-refractivity contribution >= 4 is 11.9 Å². The minimum absolute atomic E-state index is 0.197. The molecule has 1 N–H and O–H groups in total. The molecule has 0 saturated heterocycles. The highest BCUT2D eigenvalue weighted by atomic mass is 16.5. The van der Waals surface area contributed by atoms with E-state index in [-0.39, 0.29) is 19.0 Å². The average molecular weight is 204 g/mol. The van der Waals surface area contributed by atoms with Gasteiger partial charge in [0, 0.05) is 6.92 Å². The Morgan fingerprint density at radius 2 is 2.00 bits per heavy atom. The molecule has 0 amide bonds. The highest BCUT2D eigenvalue weighted by molar-refractivity contribution is 5.78. The molecule has 0 aromatic rings. The molecule has 0 bridgehead atoms. The molecule has 0 saturated carbocycles. The Labute approximate surface area is 83.0 Å². The van der Waals surface area contributed by atoms with E-state index in [1.165, 1.54) is 21.0 Å². The topological polar surface area (TPSA) is 72.8 Å². The second kappa shape index (κ2) is 5.59. The Hall–Kier alpha value is -1.10. The summed E-state index contributed by atoms with van der Waals surface area (Å²) in [6.07, 6.45) is 0.620. The summed E-state index contributed by atoms with van der Waals surface area (Å²) >= 11 is 0. The van der Waals surface area contributed by atoms with Gasteiger partial charge in [-0.2, -0.15) is 0 Å². The molecule has 0 aromatic heterocycles. The fourth-order valence-electron chi connectivity index (χ4n) is 0.954. The van der Waals surface area contributed by atoms with Crippen LogP contribution in [0.3, 0.4) is 0 Å². The average Bonchev–Trinajstić information content (AvgIpc) is 2.10. The molecular formula is C9H16O5. The van der Waals surface area contributed by atoms with Crippen LogP contribution in [-0.4, -0.2) is 36.4 Å². The molecule has 5 heteroatoms. The first-order chi connectivity index (χ1) is 6.40. The van der Waals surface area contributed by atoms with Crippen LogP contribution < -0.4 is 0 Å². The molecular weight excluding hydrogens is 188 g/mol. The van der Waals surface area contributed by atoms with Crippen LogP contribution in [0.25, 0.3) is 0 Å². The molecule has 0 aromatic carbocycles. The third-order valence-electron chi connectivity index (χ3n) is 1.74. The van der Waals surface area contributed by atoms with Crippen LogP contribution in [0.4, 0.5) is 0 Å².